The molecule has 0 aliphatic carbocycles. The van der Waals surface area contributed by atoms with Gasteiger partial charge in [0.1, 0.15) is 5.75 Å². The van der Waals surface area contributed by atoms with E-state index in [0.717, 1.165) is 35.4 Å². The van der Waals surface area contributed by atoms with Gasteiger partial charge in [-0.3, -0.25) is 9.59 Å². The Morgan fingerprint density at radius 3 is 2.37 bits per heavy atom. The molecule has 0 radical (unpaired) electrons. The molecular formula is C43H54N2O5Si. The fourth-order valence-electron chi connectivity index (χ4n) is 8.92. The first-order valence-corrected chi connectivity index (χ1v) is 21.5. The van der Waals surface area contributed by atoms with Gasteiger partial charge in [-0.2, -0.15) is 0 Å². The molecule has 270 valence electrons. The van der Waals surface area contributed by atoms with Gasteiger partial charge in [-0.15, -0.1) is 0 Å². The monoisotopic (exact) mass is 706 g/mol. The molecule has 1 fully saturated rings. The van der Waals surface area contributed by atoms with Gasteiger partial charge >= 0.3 is 0 Å². The highest BCUT2D eigenvalue weighted by Crippen LogP contribution is 2.60. The standard InChI is InChI=1S/C43H54N2O5Si/c1-29(2)13-12-14-30(3)23-24-44-38-18-11-10-17-37(38)43(42(44)48)31(4)41(51(6,7)36-21-19-35(49-5)20-22-36)39(50-43)26-40(47)45-27-33-16-9-8-15-32(33)25-34(45)28-46/h8-11,13,15-23,31,34,39,41,46H,12,14,24-28H2,1-7H3/b30-23+/t31-,34+,39+,41-,43+/m1/s1. The minimum absolute atomic E-state index is 0.0483. The third-order valence-corrected chi connectivity index (χ3v) is 16.1. The summed E-state index contributed by atoms with van der Waals surface area (Å²) < 4.78 is 12.7. The van der Waals surface area contributed by atoms with Gasteiger partial charge < -0.3 is 24.4 Å². The number of aliphatic hydroxyl groups is 1. The van der Waals surface area contributed by atoms with E-state index < -0.39 is 19.8 Å². The number of ether oxygens (including phenoxy) is 2. The van der Waals surface area contributed by atoms with Crippen molar-refractivity contribution in [2.45, 2.75) is 96.3 Å². The average Bonchev–Trinajstić information content (AvgIpc) is 3.55. The number of para-hydroxylation sites is 1. The van der Waals surface area contributed by atoms with E-state index in [0.29, 0.717) is 19.5 Å². The Hall–Kier alpha value is -3.98. The Labute approximate surface area is 305 Å². The summed E-state index contributed by atoms with van der Waals surface area (Å²) in [5, 5.41) is 11.7. The van der Waals surface area contributed by atoms with E-state index in [1.807, 2.05) is 58.3 Å². The average molecular weight is 707 g/mol. The Bertz CT molecular complexity index is 1810. The van der Waals surface area contributed by atoms with Crippen molar-refractivity contribution in [2.24, 2.45) is 5.92 Å². The van der Waals surface area contributed by atoms with Crippen LogP contribution in [-0.4, -0.2) is 62.3 Å². The molecule has 6 rings (SSSR count). The van der Waals surface area contributed by atoms with E-state index in [4.69, 9.17) is 9.47 Å². The minimum Gasteiger partial charge on any atom is -0.497 e. The Kier molecular flexibility index (Phi) is 10.8. The molecule has 1 saturated heterocycles. The van der Waals surface area contributed by atoms with Crippen LogP contribution in [0, 0.1) is 5.92 Å². The molecule has 3 aliphatic rings. The fraction of sp³-hybridized carbons (Fsp3) is 0.442. The lowest BCUT2D eigenvalue weighted by Crippen LogP contribution is -2.52. The van der Waals surface area contributed by atoms with Crippen LogP contribution in [0.25, 0.3) is 0 Å². The number of aliphatic hydroxyl groups excluding tert-OH is 1. The maximum Gasteiger partial charge on any atom is 0.264 e. The summed E-state index contributed by atoms with van der Waals surface area (Å²) in [7, 11) is -0.754. The quantitative estimate of drug-likeness (QED) is 0.168. The number of nitrogens with zero attached hydrogens (tertiary/aromatic N) is 2. The molecule has 8 heteroatoms. The van der Waals surface area contributed by atoms with Crippen molar-refractivity contribution in [2.75, 3.05) is 25.2 Å². The number of hydrogen-bond donors (Lipinski definition) is 1. The molecule has 0 saturated carbocycles. The number of hydrogen-bond acceptors (Lipinski definition) is 5. The van der Waals surface area contributed by atoms with Crippen molar-refractivity contribution < 1.29 is 24.2 Å². The number of carbonyl (C=O) groups excluding carboxylic acids is 2. The van der Waals surface area contributed by atoms with Gasteiger partial charge in [0, 0.05) is 24.6 Å². The van der Waals surface area contributed by atoms with Gasteiger partial charge in [-0.1, -0.05) is 103 Å². The lowest BCUT2D eigenvalue weighted by atomic mass is 9.82. The molecule has 0 bridgehead atoms. The zero-order valence-corrected chi connectivity index (χ0v) is 32.3. The van der Waals surface area contributed by atoms with Gasteiger partial charge in [-0.25, -0.2) is 0 Å². The van der Waals surface area contributed by atoms with Crippen molar-refractivity contribution in [1.29, 1.82) is 0 Å². The van der Waals surface area contributed by atoms with Crippen molar-refractivity contribution >= 4 is 30.8 Å². The number of benzene rings is 3. The summed E-state index contributed by atoms with van der Waals surface area (Å²) in [6.07, 6.45) is 6.59. The molecule has 3 heterocycles. The second kappa shape index (κ2) is 14.9. The zero-order valence-electron chi connectivity index (χ0n) is 31.3. The van der Waals surface area contributed by atoms with Crippen LogP contribution in [0.1, 0.15) is 63.6 Å². The van der Waals surface area contributed by atoms with Gasteiger partial charge in [0.05, 0.1) is 46.0 Å². The fourth-order valence-corrected chi connectivity index (χ4v) is 12.9. The highest BCUT2D eigenvalue weighted by molar-refractivity contribution is 6.91. The van der Waals surface area contributed by atoms with E-state index in [9.17, 15) is 9.90 Å². The van der Waals surface area contributed by atoms with Crippen molar-refractivity contribution in [3.63, 3.8) is 0 Å². The van der Waals surface area contributed by atoms with Crippen LogP contribution in [0.4, 0.5) is 5.69 Å². The summed E-state index contributed by atoms with van der Waals surface area (Å²) in [5.74, 6) is 0.496. The normalized spacial score (nSPS) is 24.5. The predicted octanol–water partition coefficient (Wildman–Crippen LogP) is 7.29. The van der Waals surface area contributed by atoms with Crippen molar-refractivity contribution in [1.82, 2.24) is 4.90 Å². The molecule has 7 nitrogen and oxygen atoms in total. The van der Waals surface area contributed by atoms with Crippen LogP contribution < -0.4 is 14.8 Å². The molecule has 1 spiro atoms. The first kappa shape index (κ1) is 36.8. The molecular weight excluding hydrogens is 653 g/mol. The predicted molar refractivity (Wildman–Crippen MR) is 207 cm³/mol. The molecule has 5 atom stereocenters. The minimum atomic E-state index is -2.42. The first-order valence-electron chi connectivity index (χ1n) is 18.4. The molecule has 0 unspecified atom stereocenters. The Morgan fingerprint density at radius 1 is 1.00 bits per heavy atom. The van der Waals surface area contributed by atoms with E-state index >= 15 is 4.79 Å². The number of fused-ring (bicyclic) bond motifs is 3. The molecule has 3 aromatic carbocycles. The van der Waals surface area contributed by atoms with Crippen LogP contribution in [0.15, 0.2) is 96.1 Å². The molecule has 3 aliphatic heterocycles. The van der Waals surface area contributed by atoms with Crippen LogP contribution >= 0.6 is 0 Å². The van der Waals surface area contributed by atoms with Crippen molar-refractivity contribution in [3.05, 3.63) is 113 Å². The summed E-state index contributed by atoms with van der Waals surface area (Å²) >= 11 is 0. The second-order valence-electron chi connectivity index (χ2n) is 15.5. The van der Waals surface area contributed by atoms with E-state index in [1.54, 1.807) is 7.11 Å². The molecule has 2 amide bonds. The summed E-state index contributed by atoms with van der Waals surface area (Å²) in [4.78, 5) is 33.2. The number of carbonyl (C=O) groups is 2. The Balaban J connectivity index is 1.37. The highest BCUT2D eigenvalue weighted by Gasteiger charge is 2.66. The summed E-state index contributed by atoms with van der Waals surface area (Å²) in [6.45, 7) is 14.0. The van der Waals surface area contributed by atoms with Crippen LogP contribution in [0.3, 0.4) is 0 Å². The van der Waals surface area contributed by atoms with Crippen LogP contribution in [-0.2, 0) is 32.9 Å². The van der Waals surface area contributed by atoms with Gasteiger partial charge in [-0.05, 0) is 74.9 Å². The van der Waals surface area contributed by atoms with Crippen LogP contribution in [0.5, 0.6) is 5.75 Å². The third-order valence-electron chi connectivity index (χ3n) is 11.7. The second-order valence-corrected chi connectivity index (χ2v) is 20.2. The van der Waals surface area contributed by atoms with E-state index in [-0.39, 0.29) is 42.3 Å². The lowest BCUT2D eigenvalue weighted by Gasteiger charge is -2.39. The third kappa shape index (κ3) is 6.86. The smallest absolute Gasteiger partial charge is 0.264 e. The highest BCUT2D eigenvalue weighted by atomic mass is 28.3. The molecule has 3 aromatic rings. The first-order chi connectivity index (χ1) is 24.4. The van der Waals surface area contributed by atoms with Gasteiger partial charge in [0.2, 0.25) is 5.91 Å². The molecule has 1 N–H and O–H groups in total. The van der Waals surface area contributed by atoms with Crippen molar-refractivity contribution in [3.8, 4) is 5.75 Å². The largest absolute Gasteiger partial charge is 0.497 e. The topological polar surface area (TPSA) is 79.3 Å². The summed E-state index contributed by atoms with van der Waals surface area (Å²) in [5.41, 5.74) is 5.33. The van der Waals surface area contributed by atoms with Gasteiger partial charge in [0.15, 0.2) is 5.60 Å². The van der Waals surface area contributed by atoms with Gasteiger partial charge in [0.25, 0.3) is 5.91 Å². The maximum atomic E-state index is 15.0. The maximum absolute atomic E-state index is 15.0. The number of allylic oxidation sites excluding steroid dienone is 3. The number of methoxy groups -OCH3 is 1. The molecule has 0 aromatic heterocycles. The lowest BCUT2D eigenvalue weighted by molar-refractivity contribution is -0.150. The number of amides is 2. The molecule has 51 heavy (non-hydrogen) atoms. The number of anilines is 1. The summed E-state index contributed by atoms with van der Waals surface area (Å²) in [6, 6.07) is 24.2. The van der Waals surface area contributed by atoms with E-state index in [2.05, 4.69) is 77.2 Å². The van der Waals surface area contributed by atoms with E-state index in [1.165, 1.54) is 21.9 Å². The SMILES string of the molecule is COc1ccc([Si](C)(C)[C@H]2[C@H](CC(=O)N3Cc4ccccc4C[C@H]3CO)O[C@@]3(C(=O)N(C/C=C(\C)CCC=C(C)C)c4ccccc43)[C@@H]2C)cc1. The van der Waals surface area contributed by atoms with Crippen LogP contribution in [0.2, 0.25) is 18.6 Å². The zero-order chi connectivity index (χ0) is 36.5. The number of rotatable bonds is 11. The Morgan fingerprint density at radius 2 is 1.69 bits per heavy atom.